The average Bonchev–Trinajstić information content (AvgIpc) is 2.37. The highest BCUT2D eigenvalue weighted by Crippen LogP contribution is 2.55. The van der Waals surface area contributed by atoms with E-state index in [0.29, 0.717) is 0 Å². The van der Waals surface area contributed by atoms with Crippen LogP contribution in [0.25, 0.3) is 0 Å². The fourth-order valence-electron chi connectivity index (χ4n) is 3.31. The van der Waals surface area contributed by atoms with Crippen LogP contribution in [-0.4, -0.2) is 24.7 Å². The lowest BCUT2D eigenvalue weighted by Crippen LogP contribution is -2.59. The molecular weight excluding hydrogens is 226 g/mol. The van der Waals surface area contributed by atoms with Crippen molar-refractivity contribution in [2.24, 2.45) is 10.8 Å². The van der Waals surface area contributed by atoms with Crippen molar-refractivity contribution in [3.05, 3.63) is 12.7 Å². The number of carbonyl (C=O) groups is 1. The van der Waals surface area contributed by atoms with E-state index in [-0.39, 0.29) is 22.3 Å². The summed E-state index contributed by atoms with van der Waals surface area (Å²) in [6, 6.07) is 0. The van der Waals surface area contributed by atoms with Crippen molar-refractivity contribution >= 4 is 5.91 Å². The third-order valence-electron chi connectivity index (χ3n) is 4.96. The summed E-state index contributed by atoms with van der Waals surface area (Å²) in [6.07, 6.45) is 5.87. The van der Waals surface area contributed by atoms with Crippen LogP contribution in [0.2, 0.25) is 0 Å². The third-order valence-corrected chi connectivity index (χ3v) is 4.96. The van der Waals surface area contributed by atoms with E-state index in [1.165, 1.54) is 6.08 Å². The highest BCUT2D eigenvalue weighted by molar-refractivity contribution is 5.86. The largest absolute Gasteiger partial charge is 0.374 e. The zero-order valence-corrected chi connectivity index (χ0v) is 11.8. The van der Waals surface area contributed by atoms with Crippen LogP contribution >= 0.6 is 0 Å². The molecule has 0 unspecified atom stereocenters. The quantitative estimate of drug-likeness (QED) is 0.783. The lowest BCUT2D eigenvalue weighted by Gasteiger charge is -2.58. The number of hydrogen-bond donors (Lipinski definition) is 1. The maximum atomic E-state index is 11.3. The Morgan fingerprint density at radius 2 is 1.94 bits per heavy atom. The van der Waals surface area contributed by atoms with Crippen LogP contribution in [0.1, 0.15) is 46.5 Å². The van der Waals surface area contributed by atoms with Gasteiger partial charge in [0.15, 0.2) is 0 Å². The molecule has 2 heterocycles. The van der Waals surface area contributed by atoms with Gasteiger partial charge in [-0.25, -0.2) is 0 Å². The lowest BCUT2D eigenvalue weighted by atomic mass is 9.59. The third kappa shape index (κ3) is 2.20. The molecule has 3 nitrogen and oxygen atoms in total. The molecule has 1 N–H and O–H groups in total. The van der Waals surface area contributed by atoms with Crippen LogP contribution in [-0.2, 0) is 9.53 Å². The smallest absolute Gasteiger partial charge is 0.243 e. The molecule has 1 saturated carbocycles. The van der Waals surface area contributed by atoms with Crippen molar-refractivity contribution in [1.82, 2.24) is 5.32 Å². The van der Waals surface area contributed by atoms with Gasteiger partial charge in [-0.3, -0.25) is 4.79 Å². The second-order valence-corrected chi connectivity index (χ2v) is 6.95. The van der Waals surface area contributed by atoms with Gasteiger partial charge in [-0.15, -0.1) is 0 Å². The van der Waals surface area contributed by atoms with Crippen LogP contribution in [0.4, 0.5) is 0 Å². The Hall–Kier alpha value is -0.830. The number of ether oxygens (including phenoxy) is 1. The Kier molecular flexibility index (Phi) is 3.30. The van der Waals surface area contributed by atoms with Crippen molar-refractivity contribution < 1.29 is 9.53 Å². The molecule has 18 heavy (non-hydrogen) atoms. The summed E-state index contributed by atoms with van der Waals surface area (Å²) in [5, 5.41) is 2.93. The summed E-state index contributed by atoms with van der Waals surface area (Å²) < 4.78 is 6.22. The van der Waals surface area contributed by atoms with Crippen LogP contribution in [0.15, 0.2) is 12.7 Å². The van der Waals surface area contributed by atoms with Crippen molar-refractivity contribution in [2.75, 3.05) is 13.2 Å². The minimum Gasteiger partial charge on any atom is -0.374 e. The Labute approximate surface area is 110 Å². The minimum absolute atomic E-state index is 0.0528. The standard InChI is InChI=1S/C15H25NO2/c1-5-12(17)16-10-14-6-8-15(9-7-14,18-11-14)13(2,3)4/h5H,1,6-11H2,2-4H3,(H,16,17). The summed E-state index contributed by atoms with van der Waals surface area (Å²) in [5.41, 5.74) is 0.410. The molecule has 1 aliphatic carbocycles. The zero-order valence-electron chi connectivity index (χ0n) is 11.8. The predicted octanol–water partition coefficient (Wildman–Crippen LogP) is 2.66. The molecule has 0 aromatic carbocycles. The number of rotatable bonds is 3. The van der Waals surface area contributed by atoms with Gasteiger partial charge < -0.3 is 10.1 Å². The van der Waals surface area contributed by atoms with Crippen LogP contribution in [0, 0.1) is 10.8 Å². The minimum atomic E-state index is -0.0809. The monoisotopic (exact) mass is 251 g/mol. The normalized spacial score (nSPS) is 35.3. The van der Waals surface area contributed by atoms with Crippen LogP contribution in [0.3, 0.4) is 0 Å². The maximum Gasteiger partial charge on any atom is 0.243 e. The summed E-state index contributed by atoms with van der Waals surface area (Å²) in [7, 11) is 0. The maximum absolute atomic E-state index is 11.3. The first-order valence-electron chi connectivity index (χ1n) is 6.87. The van der Waals surface area contributed by atoms with E-state index in [1.807, 2.05) is 0 Å². The fourth-order valence-corrected chi connectivity index (χ4v) is 3.31. The Balaban J connectivity index is 1.99. The number of amides is 1. The van der Waals surface area contributed by atoms with Gasteiger partial charge in [0, 0.05) is 12.0 Å². The average molecular weight is 251 g/mol. The zero-order chi connectivity index (χ0) is 13.4. The molecule has 2 aliphatic heterocycles. The van der Waals surface area contributed by atoms with Crippen molar-refractivity contribution in [1.29, 1.82) is 0 Å². The first kappa shape index (κ1) is 13.6. The molecule has 0 aromatic heterocycles. The highest BCUT2D eigenvalue weighted by atomic mass is 16.5. The van der Waals surface area contributed by atoms with Gasteiger partial charge in [-0.05, 0) is 37.2 Å². The Morgan fingerprint density at radius 1 is 1.33 bits per heavy atom. The van der Waals surface area contributed by atoms with Gasteiger partial charge in [0.2, 0.25) is 5.91 Å². The molecule has 2 saturated heterocycles. The van der Waals surface area contributed by atoms with E-state index >= 15 is 0 Å². The summed E-state index contributed by atoms with van der Waals surface area (Å²) in [5.74, 6) is -0.0809. The molecule has 102 valence electrons. The van der Waals surface area contributed by atoms with E-state index in [4.69, 9.17) is 4.74 Å². The molecule has 3 fully saturated rings. The first-order valence-corrected chi connectivity index (χ1v) is 6.87. The summed E-state index contributed by atoms with van der Waals surface area (Å²) in [6.45, 7) is 11.8. The first-order chi connectivity index (χ1) is 8.33. The topological polar surface area (TPSA) is 38.3 Å². The number of fused-ring (bicyclic) bond motifs is 3. The second kappa shape index (κ2) is 4.37. The molecule has 0 radical (unpaired) electrons. The highest BCUT2D eigenvalue weighted by Gasteiger charge is 2.54. The lowest BCUT2D eigenvalue weighted by molar-refractivity contribution is -0.225. The molecule has 0 spiro atoms. The van der Waals surface area contributed by atoms with E-state index in [0.717, 1.165) is 38.8 Å². The van der Waals surface area contributed by atoms with Gasteiger partial charge in [-0.1, -0.05) is 27.4 Å². The predicted molar refractivity (Wildman–Crippen MR) is 72.2 cm³/mol. The SMILES string of the molecule is C=CC(=O)NCC12CCC(C(C)(C)C)(CC1)OC2. The second-order valence-electron chi connectivity index (χ2n) is 6.95. The number of carbonyl (C=O) groups excluding carboxylic acids is 1. The molecule has 1 amide bonds. The van der Waals surface area contributed by atoms with Gasteiger partial charge in [0.1, 0.15) is 0 Å². The van der Waals surface area contributed by atoms with Gasteiger partial charge in [0.05, 0.1) is 12.2 Å². The Bertz CT molecular complexity index is 329. The van der Waals surface area contributed by atoms with Gasteiger partial charge in [0.25, 0.3) is 0 Å². The van der Waals surface area contributed by atoms with Crippen molar-refractivity contribution in [3.63, 3.8) is 0 Å². The molecule has 0 aromatic rings. The Morgan fingerprint density at radius 3 is 2.33 bits per heavy atom. The van der Waals surface area contributed by atoms with E-state index in [9.17, 15) is 4.79 Å². The van der Waals surface area contributed by atoms with Gasteiger partial charge >= 0.3 is 0 Å². The molecule has 3 rings (SSSR count). The molecule has 0 atom stereocenters. The number of hydrogen-bond acceptors (Lipinski definition) is 2. The van der Waals surface area contributed by atoms with Crippen molar-refractivity contribution in [2.45, 2.75) is 52.1 Å². The van der Waals surface area contributed by atoms with E-state index in [2.05, 4.69) is 32.7 Å². The summed E-state index contributed by atoms with van der Waals surface area (Å²) in [4.78, 5) is 11.3. The van der Waals surface area contributed by atoms with E-state index < -0.39 is 0 Å². The summed E-state index contributed by atoms with van der Waals surface area (Å²) >= 11 is 0. The fraction of sp³-hybridized carbons (Fsp3) is 0.800. The molecule has 3 heteroatoms. The molecule has 2 bridgehead atoms. The molecule has 3 aliphatic rings. The van der Waals surface area contributed by atoms with E-state index in [1.54, 1.807) is 0 Å². The van der Waals surface area contributed by atoms with Crippen molar-refractivity contribution in [3.8, 4) is 0 Å². The van der Waals surface area contributed by atoms with Crippen LogP contribution in [0.5, 0.6) is 0 Å². The number of nitrogens with one attached hydrogen (secondary N) is 1. The van der Waals surface area contributed by atoms with Crippen LogP contribution < -0.4 is 5.32 Å². The van der Waals surface area contributed by atoms with Gasteiger partial charge in [-0.2, -0.15) is 0 Å². The molecular formula is C15H25NO2.